The molecule has 3 fully saturated rings. The number of cyclic esters (lactones) is 1. The zero-order valence-electron chi connectivity index (χ0n) is 12.7. The topological polar surface area (TPSA) is 62.2 Å². The highest BCUT2D eigenvalue weighted by Crippen LogP contribution is 2.33. The summed E-state index contributed by atoms with van der Waals surface area (Å²) in [7, 11) is 0. The molecule has 6 nitrogen and oxygen atoms in total. The van der Waals surface area contributed by atoms with Gasteiger partial charge in [0.05, 0.1) is 36.7 Å². The highest BCUT2D eigenvalue weighted by Gasteiger charge is 2.35. The molecule has 1 aromatic rings. The van der Waals surface area contributed by atoms with Gasteiger partial charge in [0.2, 0.25) is 0 Å². The number of carbonyl (C=O) groups is 1. The molecule has 3 atom stereocenters. The lowest BCUT2D eigenvalue weighted by molar-refractivity contribution is 0.0303. The third-order valence-corrected chi connectivity index (χ3v) is 4.70. The van der Waals surface area contributed by atoms with E-state index < -0.39 is 12.2 Å². The van der Waals surface area contributed by atoms with Gasteiger partial charge in [-0.3, -0.25) is 4.90 Å². The number of rotatable bonds is 3. The van der Waals surface area contributed by atoms with Crippen molar-refractivity contribution in [2.24, 2.45) is 0 Å². The number of nitrogens with zero attached hydrogens (tertiary/aromatic N) is 2. The van der Waals surface area contributed by atoms with Crippen LogP contribution in [0.5, 0.6) is 0 Å². The summed E-state index contributed by atoms with van der Waals surface area (Å²) in [5.41, 5.74) is 0.989. The van der Waals surface area contributed by atoms with Gasteiger partial charge in [-0.2, -0.15) is 0 Å². The molecule has 4 rings (SSSR count). The fourth-order valence-electron chi connectivity index (χ4n) is 3.56. The number of aliphatic hydroxyl groups is 1. The predicted molar refractivity (Wildman–Crippen MR) is 81.2 cm³/mol. The van der Waals surface area contributed by atoms with Gasteiger partial charge < -0.3 is 19.5 Å². The molecule has 1 aromatic carbocycles. The minimum Gasteiger partial charge on any atom is -0.441 e. The van der Waals surface area contributed by atoms with Crippen LogP contribution in [-0.2, 0) is 9.47 Å². The number of ether oxygens (including phenoxy) is 2. The molecule has 0 spiro atoms. The molecular formula is C16H19FN2O4. The average molecular weight is 322 g/mol. The largest absolute Gasteiger partial charge is 0.441 e. The molecule has 2 bridgehead atoms. The number of anilines is 2. The highest BCUT2D eigenvalue weighted by molar-refractivity contribution is 5.90. The van der Waals surface area contributed by atoms with E-state index in [1.807, 2.05) is 4.90 Å². The predicted octanol–water partition coefficient (Wildman–Crippen LogP) is 1.51. The van der Waals surface area contributed by atoms with Crippen molar-refractivity contribution in [1.29, 1.82) is 0 Å². The molecule has 7 heteroatoms. The number of morpholine rings is 1. The van der Waals surface area contributed by atoms with E-state index in [9.17, 15) is 9.18 Å². The van der Waals surface area contributed by atoms with Crippen molar-refractivity contribution in [1.82, 2.24) is 0 Å². The Morgan fingerprint density at radius 3 is 2.57 bits per heavy atom. The van der Waals surface area contributed by atoms with E-state index in [4.69, 9.17) is 14.6 Å². The number of amides is 1. The van der Waals surface area contributed by atoms with E-state index in [0.29, 0.717) is 24.5 Å². The Labute approximate surface area is 133 Å². The number of halogens is 1. The molecule has 0 saturated carbocycles. The number of carbonyl (C=O) groups excluding carboxylic acids is 1. The van der Waals surface area contributed by atoms with Crippen molar-refractivity contribution in [3.63, 3.8) is 0 Å². The van der Waals surface area contributed by atoms with Crippen LogP contribution < -0.4 is 9.80 Å². The number of hydrogen-bond acceptors (Lipinski definition) is 5. The van der Waals surface area contributed by atoms with Crippen molar-refractivity contribution in [2.45, 2.75) is 31.2 Å². The molecule has 3 aliphatic heterocycles. The first-order chi connectivity index (χ1) is 11.1. The minimum absolute atomic E-state index is 0.187. The third-order valence-electron chi connectivity index (χ3n) is 4.70. The van der Waals surface area contributed by atoms with E-state index in [0.717, 1.165) is 12.8 Å². The standard InChI is InChI=1S/C16H19FN2O4/c17-14-5-10(19-8-13(9-20)23-16(19)21)1-4-15(14)18-6-11-2-3-12(7-18)22-11/h1,4-5,11-13,20H,2-3,6-9H2/t11?,12?,13-/m1/s1. The van der Waals surface area contributed by atoms with Gasteiger partial charge in [-0.1, -0.05) is 0 Å². The van der Waals surface area contributed by atoms with Crippen LogP contribution in [-0.4, -0.2) is 55.8 Å². The second-order valence-electron chi connectivity index (χ2n) is 6.30. The average Bonchev–Trinajstić information content (AvgIpc) is 3.09. The summed E-state index contributed by atoms with van der Waals surface area (Å²) in [6, 6.07) is 4.78. The monoisotopic (exact) mass is 322 g/mol. The summed E-state index contributed by atoms with van der Waals surface area (Å²) in [4.78, 5) is 15.1. The van der Waals surface area contributed by atoms with Crippen LogP contribution in [0, 0.1) is 5.82 Å². The molecule has 124 valence electrons. The van der Waals surface area contributed by atoms with E-state index in [1.54, 1.807) is 12.1 Å². The van der Waals surface area contributed by atoms with Crippen molar-refractivity contribution in [3.05, 3.63) is 24.0 Å². The molecule has 3 aliphatic rings. The van der Waals surface area contributed by atoms with Crippen molar-refractivity contribution in [3.8, 4) is 0 Å². The van der Waals surface area contributed by atoms with Crippen molar-refractivity contribution >= 4 is 17.5 Å². The number of benzene rings is 1. The fourth-order valence-corrected chi connectivity index (χ4v) is 3.56. The van der Waals surface area contributed by atoms with Crippen LogP contribution in [0.25, 0.3) is 0 Å². The Kier molecular flexibility index (Phi) is 3.61. The maximum absolute atomic E-state index is 14.6. The van der Waals surface area contributed by atoms with Crippen LogP contribution in [0.3, 0.4) is 0 Å². The summed E-state index contributed by atoms with van der Waals surface area (Å²) in [5, 5.41) is 9.08. The van der Waals surface area contributed by atoms with Gasteiger partial charge >= 0.3 is 6.09 Å². The van der Waals surface area contributed by atoms with Gasteiger partial charge in [-0.15, -0.1) is 0 Å². The zero-order chi connectivity index (χ0) is 16.0. The summed E-state index contributed by atoms with van der Waals surface area (Å²) in [6.07, 6.45) is 1.32. The Morgan fingerprint density at radius 2 is 1.96 bits per heavy atom. The lowest BCUT2D eigenvalue weighted by Crippen LogP contribution is -2.43. The Morgan fingerprint density at radius 1 is 1.22 bits per heavy atom. The lowest BCUT2D eigenvalue weighted by atomic mass is 10.2. The smallest absolute Gasteiger partial charge is 0.414 e. The van der Waals surface area contributed by atoms with Crippen LogP contribution >= 0.6 is 0 Å². The van der Waals surface area contributed by atoms with Crippen molar-refractivity contribution in [2.75, 3.05) is 36.0 Å². The molecule has 3 heterocycles. The van der Waals surface area contributed by atoms with Crippen LogP contribution in [0.2, 0.25) is 0 Å². The highest BCUT2D eigenvalue weighted by atomic mass is 19.1. The molecular weight excluding hydrogens is 303 g/mol. The Hall–Kier alpha value is -1.86. The molecule has 0 aromatic heterocycles. The summed E-state index contributed by atoms with van der Waals surface area (Å²) in [6.45, 7) is 1.39. The zero-order valence-corrected chi connectivity index (χ0v) is 12.7. The van der Waals surface area contributed by atoms with E-state index in [1.165, 1.54) is 11.0 Å². The van der Waals surface area contributed by atoms with Crippen LogP contribution in [0.15, 0.2) is 18.2 Å². The van der Waals surface area contributed by atoms with Gasteiger partial charge in [-0.05, 0) is 31.0 Å². The van der Waals surface area contributed by atoms with Gasteiger partial charge in [0.25, 0.3) is 0 Å². The summed E-state index contributed by atoms with van der Waals surface area (Å²) >= 11 is 0. The maximum Gasteiger partial charge on any atom is 0.414 e. The number of hydrogen-bond donors (Lipinski definition) is 1. The Bertz CT molecular complexity index is 614. The third kappa shape index (κ3) is 2.64. The van der Waals surface area contributed by atoms with Crippen LogP contribution in [0.4, 0.5) is 20.6 Å². The second kappa shape index (κ2) is 5.65. The van der Waals surface area contributed by atoms with E-state index in [2.05, 4.69) is 0 Å². The number of aliphatic hydroxyl groups excluding tert-OH is 1. The number of fused-ring (bicyclic) bond motifs is 2. The van der Waals surface area contributed by atoms with Gasteiger partial charge in [-0.25, -0.2) is 9.18 Å². The SMILES string of the molecule is O=C1O[C@@H](CO)CN1c1ccc(N2CC3CCC(C2)O3)c(F)c1. The van der Waals surface area contributed by atoms with E-state index >= 15 is 0 Å². The van der Waals surface area contributed by atoms with Gasteiger partial charge in [0, 0.05) is 13.1 Å². The maximum atomic E-state index is 14.6. The van der Waals surface area contributed by atoms with Gasteiger partial charge in [0.1, 0.15) is 11.9 Å². The van der Waals surface area contributed by atoms with E-state index in [-0.39, 0.29) is 31.2 Å². The fraction of sp³-hybridized carbons (Fsp3) is 0.562. The Balaban J connectivity index is 1.54. The van der Waals surface area contributed by atoms with Crippen LogP contribution in [0.1, 0.15) is 12.8 Å². The molecule has 23 heavy (non-hydrogen) atoms. The van der Waals surface area contributed by atoms with Crippen molar-refractivity contribution < 1.29 is 23.8 Å². The summed E-state index contributed by atoms with van der Waals surface area (Å²) in [5.74, 6) is -0.357. The quantitative estimate of drug-likeness (QED) is 0.914. The normalized spacial score (nSPS) is 30.0. The molecule has 1 N–H and O–H groups in total. The molecule has 0 aliphatic carbocycles. The summed E-state index contributed by atoms with van der Waals surface area (Å²) < 4.78 is 25.3. The lowest BCUT2D eigenvalue weighted by Gasteiger charge is -2.34. The first-order valence-electron chi connectivity index (χ1n) is 7.93. The minimum atomic E-state index is -0.555. The first-order valence-corrected chi connectivity index (χ1v) is 7.93. The molecule has 1 amide bonds. The molecule has 0 radical (unpaired) electrons. The molecule has 2 unspecified atom stereocenters. The molecule has 3 saturated heterocycles. The van der Waals surface area contributed by atoms with Gasteiger partial charge in [0.15, 0.2) is 0 Å². The second-order valence-corrected chi connectivity index (χ2v) is 6.30. The first kappa shape index (κ1) is 14.7.